The number of para-hydroxylation sites is 1. The van der Waals surface area contributed by atoms with Gasteiger partial charge >= 0.3 is 0 Å². The Morgan fingerprint density at radius 2 is 0.806 bits per heavy atom. The van der Waals surface area contributed by atoms with Crippen molar-refractivity contribution in [2.24, 2.45) is 0 Å². The van der Waals surface area contributed by atoms with E-state index in [-0.39, 0.29) is 5.82 Å². The van der Waals surface area contributed by atoms with Gasteiger partial charge in [-0.2, -0.15) is 0 Å². The Balaban J connectivity index is 1.47. The van der Waals surface area contributed by atoms with E-state index < -0.39 is 0 Å². The summed E-state index contributed by atoms with van der Waals surface area (Å²) in [6, 6.07) is 49.0. The first-order chi connectivity index (χ1) is 17.8. The molecule has 0 fully saturated rings. The molecule has 0 saturated heterocycles. The van der Waals surface area contributed by atoms with Crippen LogP contribution < -0.4 is 4.90 Å². The van der Waals surface area contributed by atoms with Gasteiger partial charge in [0, 0.05) is 17.1 Å². The van der Waals surface area contributed by atoms with Crippen molar-refractivity contribution in [2.45, 2.75) is 0 Å². The fourth-order valence-corrected chi connectivity index (χ4v) is 4.74. The van der Waals surface area contributed by atoms with Crippen molar-refractivity contribution in [1.82, 2.24) is 0 Å². The predicted octanol–water partition coefficient (Wildman–Crippen LogP) is 9.78. The fraction of sp³-hybridized carbons (Fsp3) is 0. The lowest BCUT2D eigenvalue weighted by Gasteiger charge is -2.25. The van der Waals surface area contributed by atoms with E-state index in [2.05, 4.69) is 102 Å². The fourth-order valence-electron chi connectivity index (χ4n) is 4.74. The number of fused-ring (bicyclic) bond motifs is 1. The second-order valence-electron chi connectivity index (χ2n) is 8.81. The molecule has 0 aliphatic carbocycles. The van der Waals surface area contributed by atoms with Gasteiger partial charge in [-0.25, -0.2) is 4.39 Å². The topological polar surface area (TPSA) is 3.24 Å². The second kappa shape index (κ2) is 9.52. The molecule has 36 heavy (non-hydrogen) atoms. The van der Waals surface area contributed by atoms with Gasteiger partial charge in [0.1, 0.15) is 5.82 Å². The van der Waals surface area contributed by atoms with Crippen molar-refractivity contribution < 1.29 is 4.39 Å². The molecule has 1 nitrogen and oxygen atoms in total. The summed E-state index contributed by atoms with van der Waals surface area (Å²) in [5.41, 5.74) is 7.69. The molecule has 0 radical (unpaired) electrons. The minimum atomic E-state index is -0.244. The zero-order valence-electron chi connectivity index (χ0n) is 19.7. The van der Waals surface area contributed by atoms with Gasteiger partial charge in [-0.15, -0.1) is 0 Å². The van der Waals surface area contributed by atoms with Crippen LogP contribution in [0, 0.1) is 5.82 Å². The molecule has 2 heteroatoms. The van der Waals surface area contributed by atoms with Crippen LogP contribution in [0.2, 0.25) is 0 Å². The van der Waals surface area contributed by atoms with Crippen molar-refractivity contribution in [3.63, 3.8) is 0 Å². The van der Waals surface area contributed by atoms with Crippen molar-refractivity contribution in [2.75, 3.05) is 4.90 Å². The van der Waals surface area contributed by atoms with E-state index in [1.165, 1.54) is 39.6 Å². The Hall–Kier alpha value is -4.69. The van der Waals surface area contributed by atoms with Gasteiger partial charge in [-0.3, -0.25) is 0 Å². The van der Waals surface area contributed by atoms with Crippen LogP contribution in [-0.4, -0.2) is 0 Å². The first-order valence-electron chi connectivity index (χ1n) is 12.1. The van der Waals surface area contributed by atoms with E-state index in [1.54, 1.807) is 0 Å². The molecular formula is C34H24FN. The maximum Gasteiger partial charge on any atom is 0.123 e. The molecule has 0 N–H and O–H groups in total. The van der Waals surface area contributed by atoms with E-state index in [0.717, 1.165) is 22.6 Å². The normalized spacial score (nSPS) is 10.9. The molecule has 0 heterocycles. The Morgan fingerprint density at radius 3 is 1.36 bits per heavy atom. The molecule has 0 atom stereocenters. The van der Waals surface area contributed by atoms with E-state index in [4.69, 9.17) is 0 Å². The lowest BCUT2D eigenvalue weighted by Crippen LogP contribution is -2.09. The minimum absolute atomic E-state index is 0.244. The van der Waals surface area contributed by atoms with Crippen molar-refractivity contribution in [3.05, 3.63) is 151 Å². The zero-order valence-corrected chi connectivity index (χ0v) is 19.7. The molecule has 0 spiro atoms. The van der Waals surface area contributed by atoms with E-state index >= 15 is 0 Å². The van der Waals surface area contributed by atoms with Crippen LogP contribution in [0.15, 0.2) is 146 Å². The summed E-state index contributed by atoms with van der Waals surface area (Å²) in [5.74, 6) is -0.244. The van der Waals surface area contributed by atoms with Crippen LogP contribution in [0.25, 0.3) is 33.0 Å². The molecule has 172 valence electrons. The van der Waals surface area contributed by atoms with Gasteiger partial charge in [-0.1, -0.05) is 84.9 Å². The van der Waals surface area contributed by atoms with Gasteiger partial charge in [0.05, 0.1) is 0 Å². The van der Waals surface area contributed by atoms with Gasteiger partial charge in [0.2, 0.25) is 0 Å². The Bertz CT molecular complexity index is 1610. The first-order valence-corrected chi connectivity index (χ1v) is 12.1. The molecule has 6 aromatic rings. The van der Waals surface area contributed by atoms with Crippen molar-refractivity contribution in [3.8, 4) is 22.3 Å². The monoisotopic (exact) mass is 465 g/mol. The number of benzene rings is 6. The molecule has 0 bridgehead atoms. The lowest BCUT2D eigenvalue weighted by atomic mass is 9.91. The molecule has 0 saturated carbocycles. The largest absolute Gasteiger partial charge is 0.311 e. The SMILES string of the molecule is Fc1ccc(N(c2ccccc2)c2ccc(-c3cc4ccccc4cc3-c3ccccc3)cc2)cc1. The van der Waals surface area contributed by atoms with E-state index in [0.29, 0.717) is 0 Å². The zero-order chi connectivity index (χ0) is 24.3. The molecule has 6 rings (SSSR count). The molecule has 0 unspecified atom stereocenters. The van der Waals surface area contributed by atoms with Gasteiger partial charge in [0.15, 0.2) is 0 Å². The summed E-state index contributed by atoms with van der Waals surface area (Å²) in [4.78, 5) is 2.14. The summed E-state index contributed by atoms with van der Waals surface area (Å²) < 4.78 is 13.7. The number of halogens is 1. The highest BCUT2D eigenvalue weighted by Gasteiger charge is 2.14. The van der Waals surface area contributed by atoms with Crippen LogP contribution in [0.3, 0.4) is 0 Å². The standard InChI is InChI=1S/C34H24FN/c35-29-17-21-32(22-18-29)36(30-13-5-2-6-14-30)31-19-15-26(16-20-31)34-24-28-12-8-7-11-27(28)23-33(34)25-9-3-1-4-10-25/h1-24H. The smallest absolute Gasteiger partial charge is 0.123 e. The molecular weight excluding hydrogens is 441 g/mol. The number of hydrogen-bond donors (Lipinski definition) is 0. The Morgan fingerprint density at radius 1 is 0.389 bits per heavy atom. The average Bonchev–Trinajstić information content (AvgIpc) is 2.95. The minimum Gasteiger partial charge on any atom is -0.311 e. The summed E-state index contributed by atoms with van der Waals surface area (Å²) in [7, 11) is 0. The quantitative estimate of drug-likeness (QED) is 0.245. The average molecular weight is 466 g/mol. The summed E-state index contributed by atoms with van der Waals surface area (Å²) in [6.45, 7) is 0. The number of rotatable bonds is 5. The van der Waals surface area contributed by atoms with E-state index in [1.807, 2.05) is 36.4 Å². The van der Waals surface area contributed by atoms with Crippen LogP contribution in [0.4, 0.5) is 21.5 Å². The maximum atomic E-state index is 13.7. The third-order valence-electron chi connectivity index (χ3n) is 6.51. The summed E-state index contributed by atoms with van der Waals surface area (Å²) >= 11 is 0. The van der Waals surface area contributed by atoms with Crippen molar-refractivity contribution in [1.29, 1.82) is 0 Å². The Labute approximate surface area is 210 Å². The first kappa shape index (κ1) is 21.8. The number of hydrogen-bond acceptors (Lipinski definition) is 1. The van der Waals surface area contributed by atoms with Crippen LogP contribution in [-0.2, 0) is 0 Å². The highest BCUT2D eigenvalue weighted by atomic mass is 19.1. The third kappa shape index (κ3) is 4.25. The van der Waals surface area contributed by atoms with Crippen LogP contribution >= 0.6 is 0 Å². The molecule has 0 aliphatic rings. The lowest BCUT2D eigenvalue weighted by molar-refractivity contribution is 0.628. The predicted molar refractivity (Wildman–Crippen MR) is 149 cm³/mol. The van der Waals surface area contributed by atoms with Gasteiger partial charge in [-0.05, 0) is 93.7 Å². The van der Waals surface area contributed by atoms with Gasteiger partial charge < -0.3 is 4.90 Å². The van der Waals surface area contributed by atoms with Crippen LogP contribution in [0.1, 0.15) is 0 Å². The molecule has 0 aromatic heterocycles. The summed E-state index contributed by atoms with van der Waals surface area (Å²) in [5, 5.41) is 2.44. The van der Waals surface area contributed by atoms with Crippen molar-refractivity contribution >= 4 is 27.8 Å². The van der Waals surface area contributed by atoms with E-state index in [9.17, 15) is 4.39 Å². The number of anilines is 3. The molecule has 0 amide bonds. The van der Waals surface area contributed by atoms with Crippen LogP contribution in [0.5, 0.6) is 0 Å². The second-order valence-corrected chi connectivity index (χ2v) is 8.81. The molecule has 0 aliphatic heterocycles. The maximum absolute atomic E-state index is 13.7. The molecule has 6 aromatic carbocycles. The third-order valence-corrected chi connectivity index (χ3v) is 6.51. The highest BCUT2D eigenvalue weighted by molar-refractivity contribution is 5.96. The highest BCUT2D eigenvalue weighted by Crippen LogP contribution is 2.39. The number of nitrogens with zero attached hydrogens (tertiary/aromatic N) is 1. The summed E-state index contributed by atoms with van der Waals surface area (Å²) in [6.07, 6.45) is 0. The Kier molecular flexibility index (Phi) is 5.77. The van der Waals surface area contributed by atoms with Gasteiger partial charge in [0.25, 0.3) is 0 Å².